The van der Waals surface area contributed by atoms with E-state index in [4.69, 9.17) is 16.3 Å². The number of urea groups is 1. The average molecular weight is 433 g/mol. The number of hydrogen-bond acceptors (Lipinski definition) is 6. The Morgan fingerprint density at radius 1 is 1.23 bits per heavy atom. The zero-order chi connectivity index (χ0) is 22.8. The first-order valence-corrected chi connectivity index (χ1v) is 11.4. The Kier molecular flexibility index (Phi) is 9.91. The van der Waals surface area contributed by atoms with Gasteiger partial charge in [0.05, 0.1) is 35.4 Å². The molecule has 0 aliphatic heterocycles. The van der Waals surface area contributed by atoms with Crippen LogP contribution < -0.4 is 21.6 Å². The minimum atomic E-state index is -0.149. The molecule has 31 heavy (non-hydrogen) atoms. The molecule has 8 nitrogen and oxygen atoms in total. The molecule has 0 atom stereocenters. The fourth-order valence-corrected chi connectivity index (χ4v) is 3.74. The second kappa shape index (κ2) is 12.4. The van der Waals surface area contributed by atoms with Crippen LogP contribution in [0.2, 0.25) is 0 Å². The lowest BCUT2D eigenvalue weighted by molar-refractivity contribution is 0.153. The minimum absolute atomic E-state index is 0.149. The SMILES string of the molecule is CCCCCN(C)C(=O)NC/C(=C(/N)c1ccc(OC2CCCCC2)c(C)n1)N(C)N. The maximum Gasteiger partial charge on any atom is 0.317 e. The van der Waals surface area contributed by atoms with E-state index >= 15 is 0 Å². The molecule has 0 spiro atoms. The van der Waals surface area contributed by atoms with Crippen molar-refractivity contribution in [2.75, 3.05) is 27.2 Å². The monoisotopic (exact) mass is 432 g/mol. The molecule has 0 bridgehead atoms. The largest absolute Gasteiger partial charge is 0.489 e. The molecule has 0 saturated heterocycles. The van der Waals surface area contributed by atoms with Gasteiger partial charge in [-0.2, -0.15) is 0 Å². The molecular formula is C23H40N6O2. The Morgan fingerprint density at radius 2 is 1.94 bits per heavy atom. The van der Waals surface area contributed by atoms with E-state index in [0.717, 1.165) is 50.1 Å². The number of carbonyl (C=O) groups excluding carboxylic acids is 1. The first-order chi connectivity index (χ1) is 14.8. The topological polar surface area (TPSA) is 110 Å². The summed E-state index contributed by atoms with van der Waals surface area (Å²) in [7, 11) is 3.49. The summed E-state index contributed by atoms with van der Waals surface area (Å²) < 4.78 is 6.16. The van der Waals surface area contributed by atoms with Crippen LogP contribution in [0.1, 0.15) is 69.7 Å². The van der Waals surface area contributed by atoms with Gasteiger partial charge in [0.15, 0.2) is 0 Å². The number of likely N-dealkylation sites (N-methyl/N-ethyl adjacent to an activating group) is 1. The molecule has 1 aromatic rings. The highest BCUT2D eigenvalue weighted by molar-refractivity contribution is 5.74. The number of hydrazine groups is 1. The number of carbonyl (C=O) groups is 1. The third kappa shape index (κ3) is 7.61. The van der Waals surface area contributed by atoms with Crippen LogP contribution in [0.4, 0.5) is 4.79 Å². The highest BCUT2D eigenvalue weighted by Gasteiger charge is 2.18. The predicted molar refractivity (Wildman–Crippen MR) is 125 cm³/mol. The van der Waals surface area contributed by atoms with E-state index in [2.05, 4.69) is 17.2 Å². The summed E-state index contributed by atoms with van der Waals surface area (Å²) in [6.07, 6.45) is 9.39. The number of nitrogens with zero attached hydrogens (tertiary/aromatic N) is 3. The lowest BCUT2D eigenvalue weighted by atomic mass is 9.98. The number of pyridine rings is 1. The number of amides is 2. The summed E-state index contributed by atoms with van der Waals surface area (Å²) in [4.78, 5) is 18.7. The summed E-state index contributed by atoms with van der Waals surface area (Å²) in [5.74, 6) is 6.80. The molecule has 8 heteroatoms. The van der Waals surface area contributed by atoms with Gasteiger partial charge in [-0.1, -0.05) is 26.2 Å². The Labute approximate surface area is 187 Å². The van der Waals surface area contributed by atoms with Crippen molar-refractivity contribution in [1.29, 1.82) is 0 Å². The van der Waals surface area contributed by atoms with Gasteiger partial charge in [0.25, 0.3) is 0 Å². The van der Waals surface area contributed by atoms with Gasteiger partial charge < -0.3 is 25.7 Å². The van der Waals surface area contributed by atoms with Gasteiger partial charge in [-0.3, -0.25) is 0 Å². The van der Waals surface area contributed by atoms with Gasteiger partial charge in [-0.15, -0.1) is 0 Å². The van der Waals surface area contributed by atoms with Crippen LogP contribution in [-0.2, 0) is 0 Å². The highest BCUT2D eigenvalue weighted by atomic mass is 16.5. The standard InChI is InChI=1S/C23H40N6O2/c1-5-6-10-15-28(3)23(30)26-16-20(29(4)25)22(24)19-13-14-21(17(2)27-19)31-18-11-8-7-9-12-18/h13-14,18H,5-12,15-16,24-25H2,1-4H3,(H,26,30)/b22-20-. The number of rotatable bonds is 10. The molecule has 1 aromatic heterocycles. The first-order valence-electron chi connectivity index (χ1n) is 11.4. The van der Waals surface area contributed by atoms with Crippen molar-refractivity contribution >= 4 is 11.7 Å². The van der Waals surface area contributed by atoms with E-state index in [-0.39, 0.29) is 18.7 Å². The van der Waals surface area contributed by atoms with Crippen LogP contribution in [0.3, 0.4) is 0 Å². The van der Waals surface area contributed by atoms with Crippen molar-refractivity contribution in [3.05, 3.63) is 29.2 Å². The Morgan fingerprint density at radius 3 is 2.55 bits per heavy atom. The molecule has 0 aromatic carbocycles. The van der Waals surface area contributed by atoms with Crippen LogP contribution in [0.15, 0.2) is 17.8 Å². The lowest BCUT2D eigenvalue weighted by Crippen LogP contribution is -2.42. The normalized spacial score (nSPS) is 15.3. The first kappa shape index (κ1) is 24.8. The van der Waals surface area contributed by atoms with Gasteiger partial charge in [-0.05, 0) is 51.2 Å². The Balaban J connectivity index is 2.05. The molecule has 1 saturated carbocycles. The fraction of sp³-hybridized carbons (Fsp3) is 0.652. The fourth-order valence-electron chi connectivity index (χ4n) is 3.74. The molecule has 1 heterocycles. The van der Waals surface area contributed by atoms with Crippen LogP contribution in [0.5, 0.6) is 5.75 Å². The number of nitrogens with two attached hydrogens (primary N) is 2. The number of aryl methyl sites for hydroxylation is 1. The van der Waals surface area contributed by atoms with Crippen molar-refractivity contribution in [2.24, 2.45) is 11.6 Å². The van der Waals surface area contributed by atoms with E-state index in [1.807, 2.05) is 19.1 Å². The van der Waals surface area contributed by atoms with E-state index in [1.165, 1.54) is 24.3 Å². The quantitative estimate of drug-likeness (QED) is 0.297. The minimum Gasteiger partial charge on any atom is -0.489 e. The maximum absolute atomic E-state index is 12.4. The smallest absolute Gasteiger partial charge is 0.317 e. The van der Waals surface area contributed by atoms with Crippen molar-refractivity contribution in [1.82, 2.24) is 20.2 Å². The van der Waals surface area contributed by atoms with Crippen molar-refractivity contribution in [3.63, 3.8) is 0 Å². The summed E-state index contributed by atoms with van der Waals surface area (Å²) in [6.45, 7) is 5.00. The number of aromatic nitrogens is 1. The lowest BCUT2D eigenvalue weighted by Gasteiger charge is -2.24. The molecule has 1 fully saturated rings. The van der Waals surface area contributed by atoms with Crippen LogP contribution >= 0.6 is 0 Å². The zero-order valence-corrected chi connectivity index (χ0v) is 19.6. The van der Waals surface area contributed by atoms with Gasteiger partial charge in [0.1, 0.15) is 5.75 Å². The Bertz CT molecular complexity index is 744. The second-order valence-electron chi connectivity index (χ2n) is 8.42. The maximum atomic E-state index is 12.4. The molecule has 5 N–H and O–H groups in total. The average Bonchev–Trinajstić information content (AvgIpc) is 2.75. The van der Waals surface area contributed by atoms with E-state index < -0.39 is 0 Å². The third-order valence-electron chi connectivity index (χ3n) is 5.75. The molecule has 0 radical (unpaired) electrons. The van der Waals surface area contributed by atoms with E-state index in [9.17, 15) is 4.79 Å². The molecule has 174 valence electrons. The molecular weight excluding hydrogens is 392 g/mol. The van der Waals surface area contributed by atoms with Crippen molar-refractivity contribution < 1.29 is 9.53 Å². The van der Waals surface area contributed by atoms with Crippen molar-refractivity contribution in [3.8, 4) is 5.75 Å². The molecule has 2 rings (SSSR count). The number of unbranched alkanes of at least 4 members (excludes halogenated alkanes) is 2. The van der Waals surface area contributed by atoms with Gasteiger partial charge in [0.2, 0.25) is 0 Å². The second-order valence-corrected chi connectivity index (χ2v) is 8.42. The van der Waals surface area contributed by atoms with Gasteiger partial charge in [0, 0.05) is 20.6 Å². The molecule has 2 amide bonds. The summed E-state index contributed by atoms with van der Waals surface area (Å²) in [6, 6.07) is 3.62. The predicted octanol–water partition coefficient (Wildman–Crippen LogP) is 3.37. The van der Waals surface area contributed by atoms with E-state index in [1.54, 1.807) is 19.0 Å². The van der Waals surface area contributed by atoms with E-state index in [0.29, 0.717) is 17.1 Å². The molecule has 0 unspecified atom stereocenters. The van der Waals surface area contributed by atoms with Crippen LogP contribution in [-0.4, -0.2) is 54.2 Å². The molecule has 1 aliphatic carbocycles. The zero-order valence-electron chi connectivity index (χ0n) is 19.6. The number of nitrogens with one attached hydrogen (secondary N) is 1. The van der Waals surface area contributed by atoms with Gasteiger partial charge in [-0.25, -0.2) is 15.6 Å². The Hall–Kier alpha value is -2.48. The summed E-state index contributed by atoms with van der Waals surface area (Å²) in [5.41, 5.74) is 8.84. The van der Waals surface area contributed by atoms with Crippen LogP contribution in [0, 0.1) is 6.92 Å². The molecule has 1 aliphatic rings. The van der Waals surface area contributed by atoms with Crippen molar-refractivity contribution in [2.45, 2.75) is 71.3 Å². The number of hydrogen-bond donors (Lipinski definition) is 3. The van der Waals surface area contributed by atoms with Gasteiger partial charge >= 0.3 is 6.03 Å². The summed E-state index contributed by atoms with van der Waals surface area (Å²) >= 11 is 0. The number of ether oxygens (including phenoxy) is 1. The van der Waals surface area contributed by atoms with Crippen LogP contribution in [0.25, 0.3) is 5.70 Å². The highest BCUT2D eigenvalue weighted by Crippen LogP contribution is 2.26. The summed E-state index contributed by atoms with van der Waals surface area (Å²) in [5, 5.41) is 4.32. The third-order valence-corrected chi connectivity index (χ3v) is 5.75.